The second-order valence-corrected chi connectivity index (χ2v) is 9.56. The summed E-state index contributed by atoms with van der Waals surface area (Å²) in [4.78, 5) is 3.62. The molecule has 36 heavy (non-hydrogen) atoms. The molecule has 2 aliphatic heterocycles. The zero-order valence-corrected chi connectivity index (χ0v) is 19.7. The van der Waals surface area contributed by atoms with Crippen molar-refractivity contribution in [2.24, 2.45) is 0 Å². The van der Waals surface area contributed by atoms with Crippen LogP contribution in [0.4, 0.5) is 5.69 Å². The van der Waals surface area contributed by atoms with Crippen LogP contribution in [0.5, 0.6) is 17.5 Å². The minimum absolute atomic E-state index is 0.0414. The van der Waals surface area contributed by atoms with Gasteiger partial charge in [-0.05, 0) is 60.9 Å². The summed E-state index contributed by atoms with van der Waals surface area (Å²) >= 11 is 0. The highest BCUT2D eigenvalue weighted by molar-refractivity contribution is 6.00. The Morgan fingerprint density at radius 2 is 1.75 bits per heavy atom. The Morgan fingerprint density at radius 3 is 2.47 bits per heavy atom. The average molecular weight is 478 g/mol. The first-order valence-electron chi connectivity index (χ1n) is 11.8. The molecule has 2 atom stereocenters. The van der Waals surface area contributed by atoms with Crippen molar-refractivity contribution >= 4 is 16.5 Å². The van der Waals surface area contributed by atoms with Gasteiger partial charge in [0.15, 0.2) is 5.69 Å². The smallest absolute Gasteiger partial charge is 0.205 e. The van der Waals surface area contributed by atoms with Gasteiger partial charge in [-0.1, -0.05) is 30.3 Å². The Hall–Kier alpha value is -4.46. The molecule has 178 valence electrons. The highest BCUT2D eigenvalue weighted by Crippen LogP contribution is 2.65. The number of hydrogen-bond donors (Lipinski definition) is 2. The van der Waals surface area contributed by atoms with Gasteiger partial charge in [0, 0.05) is 6.42 Å². The number of ether oxygens (including phenoxy) is 2. The normalized spacial score (nSPS) is 21.8. The predicted octanol–water partition coefficient (Wildman–Crippen LogP) is 6.17. The molecule has 1 saturated heterocycles. The molecule has 1 aromatic heterocycles. The van der Waals surface area contributed by atoms with Crippen LogP contribution in [0.1, 0.15) is 42.9 Å². The van der Waals surface area contributed by atoms with E-state index in [0.717, 1.165) is 10.8 Å². The zero-order chi connectivity index (χ0) is 25.1. The van der Waals surface area contributed by atoms with Gasteiger partial charge in [-0.15, -0.1) is 0 Å². The molecule has 0 saturated carbocycles. The number of benzene rings is 3. The topological polar surface area (TPSA) is 92.0 Å². The van der Waals surface area contributed by atoms with E-state index in [2.05, 4.69) is 10.9 Å². The van der Waals surface area contributed by atoms with Crippen LogP contribution in [0.3, 0.4) is 0 Å². The summed E-state index contributed by atoms with van der Waals surface area (Å²) in [6.07, 6.45) is 1.90. The molecule has 0 radical (unpaired) electrons. The molecule has 2 aliphatic rings. The van der Waals surface area contributed by atoms with Crippen LogP contribution in [0.2, 0.25) is 0 Å². The van der Waals surface area contributed by atoms with Gasteiger partial charge < -0.3 is 19.7 Å². The first-order valence-corrected chi connectivity index (χ1v) is 11.8. The van der Waals surface area contributed by atoms with E-state index >= 15 is 0 Å². The summed E-state index contributed by atoms with van der Waals surface area (Å²) in [6.45, 7) is 9.79. The molecule has 0 amide bonds. The molecular formula is C29H23N3O4. The van der Waals surface area contributed by atoms with Crippen LogP contribution in [0.25, 0.3) is 21.3 Å². The zero-order valence-electron chi connectivity index (χ0n) is 19.7. The molecule has 2 unspecified atom stereocenters. The lowest BCUT2D eigenvalue weighted by Gasteiger charge is -2.26. The Kier molecular flexibility index (Phi) is 4.76. The Morgan fingerprint density at radius 1 is 1.03 bits per heavy atom. The van der Waals surface area contributed by atoms with Crippen molar-refractivity contribution in [2.45, 2.75) is 37.4 Å². The SMILES string of the molecule is [C-]#[N+]c1ccc(-n2c(O)c3c(c2O)C2(CCOc4ccc(C#N)cc4)CCC3(C)O2)c2ccccc12. The van der Waals surface area contributed by atoms with Crippen LogP contribution < -0.4 is 4.74 Å². The van der Waals surface area contributed by atoms with Gasteiger partial charge >= 0.3 is 0 Å². The number of aromatic nitrogens is 1. The quantitative estimate of drug-likeness (QED) is 0.336. The third kappa shape index (κ3) is 3.00. The minimum Gasteiger partial charge on any atom is -0.494 e. The molecule has 3 aromatic carbocycles. The van der Waals surface area contributed by atoms with Crippen LogP contribution in [-0.2, 0) is 15.9 Å². The minimum atomic E-state index is -0.782. The lowest BCUT2D eigenvalue weighted by Crippen LogP contribution is -2.25. The number of rotatable bonds is 5. The van der Waals surface area contributed by atoms with Crippen LogP contribution >= 0.6 is 0 Å². The largest absolute Gasteiger partial charge is 0.494 e. The van der Waals surface area contributed by atoms with Crippen molar-refractivity contribution in [1.82, 2.24) is 4.57 Å². The van der Waals surface area contributed by atoms with Crippen molar-refractivity contribution in [3.05, 3.63) is 88.8 Å². The van der Waals surface area contributed by atoms with Gasteiger partial charge in [0.2, 0.25) is 11.8 Å². The number of hydrogen-bond acceptors (Lipinski definition) is 5. The second-order valence-electron chi connectivity index (χ2n) is 9.56. The molecule has 4 aromatic rings. The molecule has 2 N–H and O–H groups in total. The maximum Gasteiger partial charge on any atom is 0.205 e. The van der Waals surface area contributed by atoms with Gasteiger partial charge in [-0.25, -0.2) is 4.85 Å². The Labute approximate surface area is 208 Å². The number of nitriles is 1. The maximum atomic E-state index is 11.5. The predicted molar refractivity (Wildman–Crippen MR) is 133 cm³/mol. The third-order valence-corrected chi connectivity index (χ3v) is 7.53. The van der Waals surface area contributed by atoms with Gasteiger partial charge in [-0.3, -0.25) is 4.57 Å². The van der Waals surface area contributed by atoms with Crippen molar-refractivity contribution in [2.75, 3.05) is 6.61 Å². The van der Waals surface area contributed by atoms with E-state index in [1.807, 2.05) is 31.2 Å². The van der Waals surface area contributed by atoms with E-state index in [1.54, 1.807) is 36.4 Å². The van der Waals surface area contributed by atoms with Crippen molar-refractivity contribution in [3.8, 4) is 29.3 Å². The first-order chi connectivity index (χ1) is 17.4. The number of nitrogens with zero attached hydrogens (tertiary/aromatic N) is 3. The monoisotopic (exact) mass is 477 g/mol. The molecule has 6 rings (SSSR count). The van der Waals surface area contributed by atoms with Crippen LogP contribution in [0.15, 0.2) is 60.7 Å². The number of aromatic hydroxyl groups is 2. The van der Waals surface area contributed by atoms with Gasteiger partial charge in [0.25, 0.3) is 0 Å². The summed E-state index contributed by atoms with van der Waals surface area (Å²) in [7, 11) is 0. The average Bonchev–Trinajstić information content (AvgIpc) is 3.48. The van der Waals surface area contributed by atoms with E-state index in [0.29, 0.717) is 59.7 Å². The fourth-order valence-electron chi connectivity index (χ4n) is 5.85. The molecule has 7 heteroatoms. The molecule has 7 nitrogen and oxygen atoms in total. The Bertz CT molecular complexity index is 1610. The molecule has 0 aliphatic carbocycles. The molecular weight excluding hydrogens is 454 g/mol. The fourth-order valence-corrected chi connectivity index (χ4v) is 5.85. The molecule has 0 spiro atoms. The summed E-state index contributed by atoms with van der Waals surface area (Å²) in [5, 5.41) is 33.5. The van der Waals surface area contributed by atoms with E-state index in [4.69, 9.17) is 21.3 Å². The second kappa shape index (κ2) is 7.78. The summed E-state index contributed by atoms with van der Waals surface area (Å²) < 4.78 is 13.9. The first kappa shape index (κ1) is 22.0. The standard InChI is InChI=1S/C29H23N3O4/c1-28-13-14-29(36-28,15-16-35-19-9-7-18(17-30)8-10-19)25-24(28)26(33)32(27(25)34)23-12-11-22(31-2)20-5-3-4-6-21(20)23/h3-12,33-34H,13-16H2,1H3. The lowest BCUT2D eigenvalue weighted by atomic mass is 9.78. The van der Waals surface area contributed by atoms with E-state index < -0.39 is 11.2 Å². The van der Waals surface area contributed by atoms with Crippen molar-refractivity contribution in [1.29, 1.82) is 5.26 Å². The molecule has 2 bridgehead atoms. The van der Waals surface area contributed by atoms with Gasteiger partial charge in [0.1, 0.15) is 11.4 Å². The third-order valence-electron chi connectivity index (χ3n) is 7.53. The van der Waals surface area contributed by atoms with Crippen molar-refractivity contribution in [3.63, 3.8) is 0 Å². The van der Waals surface area contributed by atoms with Crippen molar-refractivity contribution < 1.29 is 19.7 Å². The van der Waals surface area contributed by atoms with Gasteiger partial charge in [-0.2, -0.15) is 5.26 Å². The maximum absolute atomic E-state index is 11.5. The van der Waals surface area contributed by atoms with E-state index in [-0.39, 0.29) is 11.8 Å². The van der Waals surface area contributed by atoms with Crippen LogP contribution in [-0.4, -0.2) is 21.4 Å². The highest BCUT2D eigenvalue weighted by atomic mass is 16.5. The van der Waals surface area contributed by atoms with E-state index in [1.165, 1.54) is 4.57 Å². The number of fused-ring (bicyclic) bond motifs is 6. The lowest BCUT2D eigenvalue weighted by molar-refractivity contribution is -0.0876. The summed E-state index contributed by atoms with van der Waals surface area (Å²) in [6, 6.07) is 20.0. The Balaban J connectivity index is 1.40. The van der Waals surface area contributed by atoms with Gasteiger partial charge in [0.05, 0.1) is 47.2 Å². The fraction of sp³-hybridized carbons (Fsp3) is 0.241. The highest BCUT2D eigenvalue weighted by Gasteiger charge is 2.61. The molecule has 1 fully saturated rings. The van der Waals surface area contributed by atoms with E-state index in [9.17, 15) is 10.2 Å². The molecule has 3 heterocycles. The summed E-state index contributed by atoms with van der Waals surface area (Å²) in [5.74, 6) is 0.561. The van der Waals surface area contributed by atoms with Crippen LogP contribution in [0, 0.1) is 17.9 Å². The summed E-state index contributed by atoms with van der Waals surface area (Å²) in [5.41, 5.74) is 1.40.